The Kier molecular flexibility index (Phi) is 6.38. The van der Waals surface area contributed by atoms with Crippen molar-refractivity contribution in [2.75, 3.05) is 7.11 Å². The minimum Gasteiger partial charge on any atom is -0.496 e. The summed E-state index contributed by atoms with van der Waals surface area (Å²) in [6, 6.07) is 4.62. The number of benzene rings is 1. The van der Waals surface area contributed by atoms with Crippen molar-refractivity contribution in [2.45, 2.75) is 51.7 Å². The molecule has 1 aliphatic rings. The molecule has 0 spiro atoms. The summed E-state index contributed by atoms with van der Waals surface area (Å²) >= 11 is 0. The predicted molar refractivity (Wildman–Crippen MR) is 91.5 cm³/mol. The van der Waals surface area contributed by atoms with Gasteiger partial charge in [-0.3, -0.25) is 10.1 Å². The zero-order valence-corrected chi connectivity index (χ0v) is 14.8. The van der Waals surface area contributed by atoms with Crippen LogP contribution in [-0.4, -0.2) is 37.2 Å². The maximum atomic E-state index is 12.3. The van der Waals surface area contributed by atoms with Gasteiger partial charge in [0, 0.05) is 6.04 Å². The maximum Gasteiger partial charge on any atom is 0.342 e. The van der Waals surface area contributed by atoms with Crippen molar-refractivity contribution in [2.24, 2.45) is 0 Å². The van der Waals surface area contributed by atoms with Gasteiger partial charge in [0.2, 0.25) is 0 Å². The highest BCUT2D eigenvalue weighted by molar-refractivity contribution is 5.99. The van der Waals surface area contributed by atoms with E-state index in [-0.39, 0.29) is 11.6 Å². The lowest BCUT2D eigenvalue weighted by Gasteiger charge is -2.16. The minimum atomic E-state index is -1.10. The first-order chi connectivity index (χ1) is 11.9. The number of rotatable bonds is 5. The summed E-state index contributed by atoms with van der Waals surface area (Å²) in [4.78, 5) is 36.1. The summed E-state index contributed by atoms with van der Waals surface area (Å²) in [5.74, 6) is -0.989. The summed E-state index contributed by atoms with van der Waals surface area (Å²) in [6.45, 7) is 3.25. The van der Waals surface area contributed by atoms with Crippen molar-refractivity contribution >= 4 is 17.9 Å². The van der Waals surface area contributed by atoms with Gasteiger partial charge in [0.1, 0.15) is 11.3 Å². The molecule has 0 bridgehead atoms. The molecular formula is C18H24N2O5. The lowest BCUT2D eigenvalue weighted by atomic mass is 10.1. The van der Waals surface area contributed by atoms with Crippen molar-refractivity contribution in [3.63, 3.8) is 0 Å². The van der Waals surface area contributed by atoms with Crippen LogP contribution < -0.4 is 15.4 Å². The highest BCUT2D eigenvalue weighted by atomic mass is 16.5. The van der Waals surface area contributed by atoms with Gasteiger partial charge in [0.25, 0.3) is 5.91 Å². The van der Waals surface area contributed by atoms with E-state index in [1.807, 2.05) is 6.92 Å². The molecule has 7 nitrogen and oxygen atoms in total. The Bertz CT molecular complexity index is 653. The number of nitrogens with one attached hydrogen (secondary N) is 2. The number of esters is 1. The Morgan fingerprint density at radius 2 is 1.88 bits per heavy atom. The number of hydrogen-bond acceptors (Lipinski definition) is 5. The summed E-state index contributed by atoms with van der Waals surface area (Å²) in [7, 11) is 1.45. The van der Waals surface area contributed by atoms with Gasteiger partial charge in [0.05, 0.1) is 7.11 Å². The Balaban J connectivity index is 1.90. The van der Waals surface area contributed by atoms with Crippen molar-refractivity contribution in [3.8, 4) is 5.75 Å². The van der Waals surface area contributed by atoms with Gasteiger partial charge < -0.3 is 14.8 Å². The number of imide groups is 1. The zero-order valence-electron chi connectivity index (χ0n) is 14.8. The van der Waals surface area contributed by atoms with Crippen LogP contribution in [-0.2, 0) is 9.53 Å². The van der Waals surface area contributed by atoms with Gasteiger partial charge in [-0.05, 0) is 38.8 Å². The first kappa shape index (κ1) is 18.8. The van der Waals surface area contributed by atoms with Gasteiger partial charge in [-0.1, -0.05) is 24.5 Å². The first-order valence-electron chi connectivity index (χ1n) is 8.37. The molecular weight excluding hydrogens is 324 g/mol. The number of aryl methyl sites for hydroxylation is 1. The van der Waals surface area contributed by atoms with E-state index in [9.17, 15) is 14.4 Å². The molecule has 0 radical (unpaired) electrons. The standard InChI is InChI=1S/C18H24N2O5/c1-11-8-9-15(24-3)14(10-11)17(22)25-12(2)16(21)20-18(23)19-13-6-4-5-7-13/h8-10,12-13H,4-7H2,1-3H3,(H2,19,20,21,23)/t12-/m0/s1. The van der Waals surface area contributed by atoms with Crippen LogP contribution in [0.4, 0.5) is 4.79 Å². The molecule has 7 heteroatoms. The second-order valence-electron chi connectivity index (χ2n) is 6.20. The van der Waals surface area contributed by atoms with Crippen LogP contribution in [0.2, 0.25) is 0 Å². The SMILES string of the molecule is COc1ccc(C)cc1C(=O)O[C@@H](C)C(=O)NC(=O)NC1CCCC1. The van der Waals surface area contributed by atoms with Crippen LogP contribution >= 0.6 is 0 Å². The van der Waals surface area contributed by atoms with E-state index < -0.39 is 24.0 Å². The Labute approximate surface area is 147 Å². The molecule has 0 unspecified atom stereocenters. The molecule has 1 aromatic rings. The number of urea groups is 1. The fourth-order valence-electron chi connectivity index (χ4n) is 2.76. The number of carbonyl (C=O) groups excluding carboxylic acids is 3. The van der Waals surface area contributed by atoms with Crippen LogP contribution in [0.15, 0.2) is 18.2 Å². The molecule has 0 heterocycles. The van der Waals surface area contributed by atoms with Gasteiger partial charge in [-0.15, -0.1) is 0 Å². The van der Waals surface area contributed by atoms with E-state index in [1.165, 1.54) is 14.0 Å². The van der Waals surface area contributed by atoms with E-state index in [4.69, 9.17) is 9.47 Å². The largest absolute Gasteiger partial charge is 0.496 e. The van der Waals surface area contributed by atoms with Crippen LogP contribution in [0.25, 0.3) is 0 Å². The van der Waals surface area contributed by atoms with E-state index in [2.05, 4.69) is 10.6 Å². The lowest BCUT2D eigenvalue weighted by Crippen LogP contribution is -2.47. The number of amides is 3. The van der Waals surface area contributed by atoms with Gasteiger partial charge >= 0.3 is 12.0 Å². The second kappa shape index (κ2) is 8.50. The third-order valence-electron chi connectivity index (χ3n) is 4.16. The summed E-state index contributed by atoms with van der Waals surface area (Å²) < 4.78 is 10.3. The van der Waals surface area contributed by atoms with Gasteiger partial charge in [-0.25, -0.2) is 9.59 Å². The van der Waals surface area contributed by atoms with Gasteiger partial charge in [-0.2, -0.15) is 0 Å². The molecule has 0 aliphatic heterocycles. The monoisotopic (exact) mass is 348 g/mol. The van der Waals surface area contributed by atoms with E-state index >= 15 is 0 Å². The highest BCUT2D eigenvalue weighted by Gasteiger charge is 2.24. The van der Waals surface area contributed by atoms with Crippen molar-refractivity contribution < 1.29 is 23.9 Å². The molecule has 1 aliphatic carbocycles. The van der Waals surface area contributed by atoms with Gasteiger partial charge in [0.15, 0.2) is 6.10 Å². The quantitative estimate of drug-likeness (QED) is 0.797. The van der Waals surface area contributed by atoms with E-state index in [0.717, 1.165) is 31.2 Å². The summed E-state index contributed by atoms with van der Waals surface area (Å²) in [5.41, 5.74) is 1.10. The summed E-state index contributed by atoms with van der Waals surface area (Å²) in [5, 5.41) is 4.95. The molecule has 0 aromatic heterocycles. The molecule has 1 saturated carbocycles. The van der Waals surface area contributed by atoms with Crippen molar-refractivity contribution in [1.29, 1.82) is 0 Å². The Hall–Kier alpha value is -2.57. The number of methoxy groups -OCH3 is 1. The molecule has 1 fully saturated rings. The Morgan fingerprint density at radius 1 is 1.20 bits per heavy atom. The predicted octanol–water partition coefficient (Wildman–Crippen LogP) is 2.32. The summed E-state index contributed by atoms with van der Waals surface area (Å²) in [6.07, 6.45) is 2.88. The van der Waals surface area contributed by atoms with E-state index in [1.54, 1.807) is 18.2 Å². The number of ether oxygens (including phenoxy) is 2. The molecule has 3 amide bonds. The third-order valence-corrected chi connectivity index (χ3v) is 4.16. The average molecular weight is 348 g/mol. The highest BCUT2D eigenvalue weighted by Crippen LogP contribution is 2.21. The molecule has 2 rings (SSSR count). The maximum absolute atomic E-state index is 12.3. The van der Waals surface area contributed by atoms with Crippen molar-refractivity contribution in [3.05, 3.63) is 29.3 Å². The smallest absolute Gasteiger partial charge is 0.342 e. The number of carbonyl (C=O) groups is 3. The first-order valence-corrected chi connectivity index (χ1v) is 8.37. The van der Waals surface area contributed by atoms with E-state index in [0.29, 0.717) is 5.75 Å². The third kappa shape index (κ3) is 5.20. The zero-order chi connectivity index (χ0) is 18.4. The topological polar surface area (TPSA) is 93.7 Å². The molecule has 2 N–H and O–H groups in total. The lowest BCUT2D eigenvalue weighted by molar-refractivity contribution is -0.127. The van der Waals surface area contributed by atoms with Crippen LogP contribution in [0.1, 0.15) is 48.5 Å². The Morgan fingerprint density at radius 3 is 2.52 bits per heavy atom. The van der Waals surface area contributed by atoms with Crippen LogP contribution in [0.5, 0.6) is 5.75 Å². The molecule has 25 heavy (non-hydrogen) atoms. The number of hydrogen-bond donors (Lipinski definition) is 2. The van der Waals surface area contributed by atoms with Crippen molar-refractivity contribution in [1.82, 2.24) is 10.6 Å². The normalized spacial score (nSPS) is 15.3. The molecule has 136 valence electrons. The average Bonchev–Trinajstić information content (AvgIpc) is 3.07. The van der Waals surface area contributed by atoms with Crippen LogP contribution in [0.3, 0.4) is 0 Å². The van der Waals surface area contributed by atoms with Crippen LogP contribution in [0, 0.1) is 6.92 Å². The molecule has 1 atom stereocenters. The molecule has 0 saturated heterocycles. The molecule has 1 aromatic carbocycles. The second-order valence-corrected chi connectivity index (χ2v) is 6.20. The minimum absolute atomic E-state index is 0.0993. The fourth-order valence-corrected chi connectivity index (χ4v) is 2.76. The fraction of sp³-hybridized carbons (Fsp3) is 0.500.